The summed E-state index contributed by atoms with van der Waals surface area (Å²) in [5.41, 5.74) is 3.25. The number of nitrogens with zero attached hydrogens (tertiary/aromatic N) is 1. The summed E-state index contributed by atoms with van der Waals surface area (Å²) in [5.74, 6) is 0.00708. The molecular formula is C21H25N3O4. The highest BCUT2D eigenvalue weighted by Crippen LogP contribution is 2.28. The maximum atomic E-state index is 12.7. The summed E-state index contributed by atoms with van der Waals surface area (Å²) in [5, 5.41) is 5.52. The quantitative estimate of drug-likeness (QED) is 0.719. The number of ether oxygens (including phenoxy) is 1. The first-order valence-corrected chi connectivity index (χ1v) is 9.23. The Morgan fingerprint density at radius 1 is 1.21 bits per heavy atom. The van der Waals surface area contributed by atoms with Crippen molar-refractivity contribution < 1.29 is 18.7 Å². The standard InChI is InChI=1S/C21H25N3O4/c1-4-27-20(25)18-16(13-24(3)12-15-9-6-5-8-14(15)2)22-21(26)23-19(18)17-10-7-11-28-17/h5-11,19H,4,12-13H2,1-3H3,(H2,22,23,26)/t19-/m1/s1. The molecule has 0 fully saturated rings. The van der Waals surface area contributed by atoms with Crippen molar-refractivity contribution in [3.63, 3.8) is 0 Å². The van der Waals surface area contributed by atoms with E-state index >= 15 is 0 Å². The zero-order valence-electron chi connectivity index (χ0n) is 16.3. The van der Waals surface area contributed by atoms with E-state index in [9.17, 15) is 9.59 Å². The van der Waals surface area contributed by atoms with E-state index in [1.54, 1.807) is 19.1 Å². The van der Waals surface area contributed by atoms with Crippen LogP contribution in [0.2, 0.25) is 0 Å². The number of hydrogen-bond donors (Lipinski definition) is 2. The topological polar surface area (TPSA) is 83.8 Å². The fourth-order valence-corrected chi connectivity index (χ4v) is 3.27. The van der Waals surface area contributed by atoms with Crippen LogP contribution < -0.4 is 10.6 Å². The molecule has 0 saturated carbocycles. The lowest BCUT2D eigenvalue weighted by Gasteiger charge is -2.30. The average molecular weight is 383 g/mol. The molecule has 0 saturated heterocycles. The minimum atomic E-state index is -0.690. The molecule has 0 aliphatic carbocycles. The Balaban J connectivity index is 1.90. The van der Waals surface area contributed by atoms with Crippen LogP contribution >= 0.6 is 0 Å². The number of esters is 1. The smallest absolute Gasteiger partial charge is 0.338 e. The minimum Gasteiger partial charge on any atom is -0.467 e. The van der Waals surface area contributed by atoms with Crippen LogP contribution in [0.25, 0.3) is 0 Å². The van der Waals surface area contributed by atoms with E-state index in [0.717, 1.165) is 0 Å². The van der Waals surface area contributed by atoms with Gasteiger partial charge >= 0.3 is 12.0 Å². The second-order valence-corrected chi connectivity index (χ2v) is 6.76. The van der Waals surface area contributed by atoms with Gasteiger partial charge < -0.3 is 19.8 Å². The second-order valence-electron chi connectivity index (χ2n) is 6.76. The van der Waals surface area contributed by atoms with Gasteiger partial charge in [-0.25, -0.2) is 9.59 Å². The first-order chi connectivity index (χ1) is 13.5. The Morgan fingerprint density at radius 3 is 2.68 bits per heavy atom. The Morgan fingerprint density at radius 2 is 2.00 bits per heavy atom. The van der Waals surface area contributed by atoms with Gasteiger partial charge in [-0.2, -0.15) is 0 Å². The highest BCUT2D eigenvalue weighted by atomic mass is 16.5. The Kier molecular flexibility index (Phi) is 6.16. The fraction of sp³-hybridized carbons (Fsp3) is 0.333. The number of rotatable bonds is 7. The number of nitrogens with one attached hydrogen (secondary N) is 2. The molecule has 0 unspecified atom stereocenters. The molecule has 7 nitrogen and oxygen atoms in total. The summed E-state index contributed by atoms with van der Waals surface area (Å²) in [7, 11) is 1.94. The highest BCUT2D eigenvalue weighted by Gasteiger charge is 2.35. The summed E-state index contributed by atoms with van der Waals surface area (Å²) in [6.07, 6.45) is 1.51. The van der Waals surface area contributed by atoms with Crippen molar-refractivity contribution >= 4 is 12.0 Å². The maximum Gasteiger partial charge on any atom is 0.338 e. The first kappa shape index (κ1) is 19.7. The van der Waals surface area contributed by atoms with Gasteiger partial charge in [-0.1, -0.05) is 24.3 Å². The van der Waals surface area contributed by atoms with Crippen LogP contribution in [0.1, 0.15) is 29.9 Å². The van der Waals surface area contributed by atoms with Gasteiger partial charge in [0.2, 0.25) is 0 Å². The van der Waals surface area contributed by atoms with Gasteiger partial charge in [0.15, 0.2) is 0 Å². The monoisotopic (exact) mass is 383 g/mol. The van der Waals surface area contributed by atoms with Gasteiger partial charge in [0.1, 0.15) is 11.8 Å². The molecule has 2 N–H and O–H groups in total. The van der Waals surface area contributed by atoms with Gasteiger partial charge in [-0.15, -0.1) is 0 Å². The van der Waals surface area contributed by atoms with Crippen LogP contribution in [0.5, 0.6) is 0 Å². The SMILES string of the molecule is CCOC(=O)C1=C(CN(C)Cc2ccccc2C)NC(=O)N[C@@H]1c1ccco1. The third kappa shape index (κ3) is 4.43. The van der Waals surface area contributed by atoms with Crippen LogP contribution in [0.4, 0.5) is 4.79 Å². The third-order valence-electron chi connectivity index (χ3n) is 4.61. The van der Waals surface area contributed by atoms with Crippen LogP contribution in [0.3, 0.4) is 0 Å². The number of carbonyl (C=O) groups excluding carboxylic acids is 2. The summed E-state index contributed by atoms with van der Waals surface area (Å²) in [6.45, 7) is 5.12. The molecule has 1 aromatic carbocycles. The molecule has 0 radical (unpaired) electrons. The third-order valence-corrected chi connectivity index (χ3v) is 4.61. The van der Waals surface area contributed by atoms with Crippen molar-refractivity contribution in [2.45, 2.75) is 26.4 Å². The summed E-state index contributed by atoms with van der Waals surface area (Å²) < 4.78 is 10.7. The van der Waals surface area contributed by atoms with E-state index < -0.39 is 12.0 Å². The fourth-order valence-electron chi connectivity index (χ4n) is 3.27. The van der Waals surface area contributed by atoms with Gasteiger partial charge in [-0.3, -0.25) is 4.90 Å². The predicted octanol–water partition coefficient (Wildman–Crippen LogP) is 2.89. The van der Waals surface area contributed by atoms with E-state index in [1.807, 2.05) is 24.1 Å². The normalized spacial score (nSPS) is 16.7. The Bertz CT molecular complexity index is 874. The molecule has 0 spiro atoms. The summed E-state index contributed by atoms with van der Waals surface area (Å²) >= 11 is 0. The van der Waals surface area contributed by atoms with E-state index in [0.29, 0.717) is 30.1 Å². The molecule has 1 atom stereocenters. The number of likely N-dealkylation sites (N-methyl/N-ethyl adjacent to an activating group) is 1. The number of aryl methyl sites for hydroxylation is 1. The van der Waals surface area contributed by atoms with Gasteiger partial charge in [-0.05, 0) is 44.2 Å². The predicted molar refractivity (Wildman–Crippen MR) is 104 cm³/mol. The van der Waals surface area contributed by atoms with E-state index in [2.05, 4.69) is 29.7 Å². The maximum absolute atomic E-state index is 12.7. The number of furan rings is 1. The van der Waals surface area contributed by atoms with Crippen molar-refractivity contribution in [2.75, 3.05) is 20.2 Å². The molecule has 3 rings (SSSR count). The van der Waals surface area contributed by atoms with Crippen molar-refractivity contribution in [3.05, 3.63) is 70.8 Å². The van der Waals surface area contributed by atoms with Crippen molar-refractivity contribution in [1.82, 2.24) is 15.5 Å². The van der Waals surface area contributed by atoms with Gasteiger partial charge in [0.25, 0.3) is 0 Å². The molecule has 0 bridgehead atoms. The summed E-state index contributed by atoms with van der Waals surface area (Å²) in [6, 6.07) is 10.5. The lowest BCUT2D eigenvalue weighted by atomic mass is 9.99. The molecular weight excluding hydrogens is 358 g/mol. The lowest BCUT2D eigenvalue weighted by Crippen LogP contribution is -2.48. The van der Waals surface area contributed by atoms with Crippen LogP contribution in [-0.4, -0.2) is 37.1 Å². The zero-order valence-corrected chi connectivity index (χ0v) is 16.3. The van der Waals surface area contributed by atoms with E-state index in [-0.39, 0.29) is 12.6 Å². The molecule has 1 aromatic heterocycles. The minimum absolute atomic E-state index is 0.244. The molecule has 2 amide bonds. The van der Waals surface area contributed by atoms with Gasteiger partial charge in [0.05, 0.1) is 18.4 Å². The molecule has 1 aliphatic rings. The first-order valence-electron chi connectivity index (χ1n) is 9.23. The van der Waals surface area contributed by atoms with Crippen molar-refractivity contribution in [3.8, 4) is 0 Å². The number of urea groups is 1. The summed E-state index contributed by atoms with van der Waals surface area (Å²) in [4.78, 5) is 27.0. The molecule has 2 aromatic rings. The van der Waals surface area contributed by atoms with E-state index in [1.165, 1.54) is 17.4 Å². The van der Waals surface area contributed by atoms with Gasteiger partial charge in [0, 0.05) is 18.8 Å². The molecule has 148 valence electrons. The number of amides is 2. The Hall–Kier alpha value is -3.06. The molecule has 1 aliphatic heterocycles. The van der Waals surface area contributed by atoms with Crippen LogP contribution in [-0.2, 0) is 16.1 Å². The largest absolute Gasteiger partial charge is 0.467 e. The molecule has 2 heterocycles. The number of benzene rings is 1. The molecule has 7 heteroatoms. The van der Waals surface area contributed by atoms with Crippen LogP contribution in [0.15, 0.2) is 58.3 Å². The van der Waals surface area contributed by atoms with Crippen molar-refractivity contribution in [1.29, 1.82) is 0 Å². The Labute approximate surface area is 164 Å². The van der Waals surface area contributed by atoms with Crippen LogP contribution in [0, 0.1) is 6.92 Å². The number of hydrogen-bond acceptors (Lipinski definition) is 5. The lowest BCUT2D eigenvalue weighted by molar-refractivity contribution is -0.139. The number of carbonyl (C=O) groups is 2. The van der Waals surface area contributed by atoms with Crippen molar-refractivity contribution in [2.24, 2.45) is 0 Å². The average Bonchev–Trinajstić information content (AvgIpc) is 3.18. The molecule has 28 heavy (non-hydrogen) atoms. The zero-order chi connectivity index (χ0) is 20.1. The second kappa shape index (κ2) is 8.75. The van der Waals surface area contributed by atoms with E-state index in [4.69, 9.17) is 9.15 Å². The highest BCUT2D eigenvalue weighted by molar-refractivity contribution is 5.95.